The second kappa shape index (κ2) is 40.0. The van der Waals surface area contributed by atoms with Gasteiger partial charge in [0.25, 0.3) is 0 Å². The molecule has 9 amide bonds. The third-order valence-corrected chi connectivity index (χ3v) is 26.8. The molecule has 47 heteroatoms. The number of benzene rings is 8. The molecule has 19 N–H and O–H groups in total. The number of halogens is 12. The monoisotopic (exact) mass is 2080 g/mol. The Balaban J connectivity index is 0.000000136. The minimum atomic E-state index is -4.52. The first-order chi connectivity index (χ1) is 70.8. The summed E-state index contributed by atoms with van der Waals surface area (Å²) in [6.45, 7) is 1.47. The summed E-state index contributed by atoms with van der Waals surface area (Å²) in [4.78, 5) is 82.8. The maximum Gasteiger partial charge on any atom is 0.416 e. The van der Waals surface area contributed by atoms with E-state index in [1.54, 1.807) is 119 Å². The Morgan fingerprint density at radius 3 is 0.800 bits per heavy atom. The van der Waals surface area contributed by atoms with E-state index in [-0.39, 0.29) is 39.7 Å². The highest BCUT2D eigenvalue weighted by Gasteiger charge is 2.51. The number of anilines is 12. The Kier molecular flexibility index (Phi) is 27.9. The number of hydrogen-bond donors (Lipinski definition) is 15. The lowest BCUT2D eigenvalue weighted by atomic mass is 9.99. The largest absolute Gasteiger partial charge is 0.416 e. The van der Waals surface area contributed by atoms with Crippen molar-refractivity contribution >= 4 is 159 Å². The van der Waals surface area contributed by atoms with Crippen LogP contribution in [0.1, 0.15) is 103 Å². The molecule has 4 saturated carbocycles. The van der Waals surface area contributed by atoms with E-state index in [0.717, 1.165) is 167 Å². The standard InChI is InChI=1S/C26H26F3N7O2S.C26H24F3N7O2.C26H26F3N7O.C25H24F3N7O/c1-36-23-21(22(30)34-36)19(14-20(33-23)25(11-12-25)35-39(2,3)38)15-7-9-17(10-8-15)31-24(37)32-18-6-4-5-16(13-18)26(27,28)29;1-14(37)34-25(10-11-25)20-13-19(21-22(30)35-36(2)23(21)33-20)15-6-8-17(9-7-15)31-24(38)32-18-5-3-4-16(12-18)26(27,28)29;1-35(2)25(11-12-25)20-14-19(21-22(30)34-36(3)23(21)33-20)15-7-9-17(10-8-15)31-24(37)32-18-6-4-5-16(13-18)26(27,28)29;1-30-24(10-11-24)19-13-18(20-21(29)34-35(2)22(20)33-19)14-6-8-16(9-7-14)31-23(36)32-17-5-3-4-15(12-17)25(26,27)28/h4-10,13-14H,2,11-12H2,1,3H3,(H2,30,34)(H,35,38)(H2,31,32,37);3-9,12-13H,10-11H2,1-2H3,(H2,30,35)(H,34,37)(H2,31,32,38);4-10,13-14H,11-12H2,1-3H3,(H2,30,34)(H2,31,32,37);3-9,12-13,30H,10-11H2,1-2H3,(H2,29,34)(H2,31,32,36). The first-order valence-corrected chi connectivity index (χ1v) is 48.6. The first-order valence-electron chi connectivity index (χ1n) is 46.5. The summed E-state index contributed by atoms with van der Waals surface area (Å²) in [7, 11) is 10.6. The second-order valence-corrected chi connectivity index (χ2v) is 39.4. The smallest absolute Gasteiger partial charge is 0.382 e. The highest BCUT2D eigenvalue weighted by Crippen LogP contribution is 2.54. The number of aromatic nitrogens is 12. The van der Waals surface area contributed by atoms with Gasteiger partial charge < -0.3 is 76.1 Å². The predicted molar refractivity (Wildman–Crippen MR) is 554 cm³/mol. The van der Waals surface area contributed by atoms with Crippen LogP contribution in [0.3, 0.4) is 0 Å². The molecular weight excluding hydrogens is 1990 g/mol. The zero-order valence-electron chi connectivity index (χ0n) is 81.7. The number of nitrogens with zero attached hydrogens (tertiary/aromatic N) is 13. The minimum absolute atomic E-state index is 0.0126. The molecule has 0 saturated heterocycles. The molecule has 4 aliphatic rings. The van der Waals surface area contributed by atoms with Crippen LogP contribution in [0, 0.1) is 0 Å². The van der Waals surface area contributed by atoms with Crippen LogP contribution >= 0.6 is 0 Å². The molecule has 1 unspecified atom stereocenters. The summed E-state index contributed by atoms with van der Waals surface area (Å²) in [6, 6.07) is 50.9. The number of hydrogen-bond acceptors (Lipinski definition) is 20. The summed E-state index contributed by atoms with van der Waals surface area (Å²) in [5.74, 6) is 4.94. The second-order valence-electron chi connectivity index (χ2n) is 37.2. The van der Waals surface area contributed by atoms with E-state index in [9.17, 15) is 80.9 Å². The Morgan fingerprint density at radius 2 is 0.580 bits per heavy atom. The number of fused-ring (bicyclic) bond motifs is 4. The van der Waals surface area contributed by atoms with Crippen LogP contribution in [0.5, 0.6) is 0 Å². The Bertz CT molecular complexity index is 8070. The van der Waals surface area contributed by atoms with Crippen LogP contribution in [-0.4, -0.2) is 131 Å². The average Bonchev–Trinajstić information content (AvgIpc) is 1.59. The molecule has 0 aliphatic heterocycles. The third kappa shape index (κ3) is 22.9. The lowest BCUT2D eigenvalue weighted by Crippen LogP contribution is -2.34. The van der Waals surface area contributed by atoms with E-state index >= 15 is 0 Å². The number of urea groups is 4. The van der Waals surface area contributed by atoms with Crippen molar-refractivity contribution in [2.75, 3.05) is 92.9 Å². The van der Waals surface area contributed by atoms with Gasteiger partial charge in [0.2, 0.25) is 5.91 Å². The number of nitrogens with two attached hydrogens (primary N) is 4. The molecule has 4 aliphatic carbocycles. The maximum absolute atomic E-state index is 13.0. The Morgan fingerprint density at radius 1 is 0.347 bits per heavy atom. The zero-order valence-corrected chi connectivity index (χ0v) is 82.5. The number of rotatable bonds is 21. The van der Waals surface area contributed by atoms with E-state index < -0.39 is 91.9 Å². The molecule has 778 valence electrons. The highest BCUT2D eigenvalue weighted by molar-refractivity contribution is 7.97. The van der Waals surface area contributed by atoms with Gasteiger partial charge in [-0.15, -0.1) is 0 Å². The van der Waals surface area contributed by atoms with E-state index in [2.05, 4.69) is 95.1 Å². The molecule has 0 spiro atoms. The fourth-order valence-electron chi connectivity index (χ4n) is 17.9. The van der Waals surface area contributed by atoms with Gasteiger partial charge in [0.05, 0.1) is 88.7 Å². The van der Waals surface area contributed by atoms with Crippen molar-refractivity contribution in [1.82, 2.24) is 79.3 Å². The van der Waals surface area contributed by atoms with Gasteiger partial charge in [-0.1, -0.05) is 72.8 Å². The summed E-state index contributed by atoms with van der Waals surface area (Å²) in [6.07, 6.45) is -9.45. The van der Waals surface area contributed by atoms with Crippen LogP contribution in [0.4, 0.5) is 141 Å². The van der Waals surface area contributed by atoms with Gasteiger partial charge >= 0.3 is 48.8 Å². The van der Waals surface area contributed by atoms with Crippen LogP contribution < -0.4 is 80.8 Å². The van der Waals surface area contributed by atoms with Gasteiger partial charge in [0, 0.05) is 96.6 Å². The number of pyridine rings is 4. The first kappa shape index (κ1) is 104. The molecule has 16 aromatic rings. The number of alkyl halides is 12. The topological polar surface area (TPSA) is 465 Å². The third-order valence-electron chi connectivity index (χ3n) is 26.0. The fraction of sp³-hybridized carbons (Fsp3) is 0.243. The molecule has 8 aromatic carbocycles. The van der Waals surface area contributed by atoms with Crippen LogP contribution in [0.15, 0.2) is 218 Å². The number of aryl methyl sites for hydroxylation is 4. The predicted octanol–water partition coefficient (Wildman–Crippen LogP) is 20.2. The van der Waals surface area contributed by atoms with Gasteiger partial charge in [-0.3, -0.25) is 13.9 Å². The van der Waals surface area contributed by atoms with Crippen molar-refractivity contribution in [3.05, 3.63) is 263 Å². The van der Waals surface area contributed by atoms with Crippen molar-refractivity contribution < 1.29 is 80.9 Å². The van der Waals surface area contributed by atoms with E-state index in [0.29, 0.717) is 90.8 Å². The normalized spacial score (nSPS) is 14.9. The molecule has 20 rings (SSSR count). The Labute approximate surface area is 848 Å². The van der Waals surface area contributed by atoms with E-state index in [1.807, 2.05) is 70.7 Å². The molecular formula is C103H100F12N28O6S. The van der Waals surface area contributed by atoms with Gasteiger partial charge in [0.1, 0.15) is 0 Å². The van der Waals surface area contributed by atoms with Crippen molar-refractivity contribution in [2.24, 2.45) is 28.2 Å². The number of carbonyl (C=O) groups is 5. The fourth-order valence-corrected chi connectivity index (χ4v) is 19.0. The summed E-state index contributed by atoms with van der Waals surface area (Å²) >= 11 is 0. The number of nitrogen functional groups attached to an aromatic ring is 4. The molecule has 8 heterocycles. The van der Waals surface area contributed by atoms with Crippen LogP contribution in [0.25, 0.3) is 88.6 Å². The summed E-state index contributed by atoms with van der Waals surface area (Å²) in [5.41, 5.74) is 34.4. The van der Waals surface area contributed by atoms with Gasteiger partial charge in [-0.05, 0) is 268 Å². The quantitative estimate of drug-likeness (QED) is 0.0235. The van der Waals surface area contributed by atoms with Crippen molar-refractivity contribution in [2.45, 2.75) is 105 Å². The molecule has 8 aromatic heterocycles. The molecule has 4 fully saturated rings. The van der Waals surface area contributed by atoms with Gasteiger partial charge in [0.15, 0.2) is 45.9 Å². The van der Waals surface area contributed by atoms with Crippen molar-refractivity contribution in [1.29, 1.82) is 0 Å². The highest BCUT2D eigenvalue weighted by atomic mass is 32.2. The van der Waals surface area contributed by atoms with E-state index in [1.165, 1.54) is 55.5 Å². The van der Waals surface area contributed by atoms with Crippen LogP contribution in [-0.2, 0) is 89.6 Å². The van der Waals surface area contributed by atoms with Crippen molar-refractivity contribution in [3.8, 4) is 44.5 Å². The average molecular weight is 2090 g/mol. The molecule has 0 radical (unpaired) electrons. The summed E-state index contributed by atoms with van der Waals surface area (Å²) in [5, 5.41) is 46.7. The minimum Gasteiger partial charge on any atom is -0.382 e. The Hall–Kier alpha value is -17.0. The lowest BCUT2D eigenvalue weighted by molar-refractivity contribution is -0.138. The van der Waals surface area contributed by atoms with Gasteiger partial charge in [-0.2, -0.15) is 73.1 Å². The van der Waals surface area contributed by atoms with E-state index in [4.69, 9.17) is 42.9 Å². The SMILES string of the molecule is C=S(C)(=O)NC1(c2cc(-c3ccc(NC(=O)Nc4cccc(C(F)(F)F)c4)cc3)c3c(N)nn(C)c3n2)CC1.CC(=O)NC1(c2cc(-c3ccc(NC(=O)Nc4cccc(C(F)(F)F)c4)cc3)c3c(N)nn(C)c3n2)CC1.CN(C)C1(c2cc(-c3ccc(NC(=O)Nc4cccc(C(F)(F)F)c4)cc3)c3c(N)nn(C)c3n2)CC1.CNC1(c2cc(-c3ccc(NC(=O)Nc4cccc(C(F)(F)F)c4)cc3)c3c(N)nn(C)c3n2)CC1. The zero-order chi connectivity index (χ0) is 108. The van der Waals surface area contributed by atoms with Crippen LogP contribution in [0.2, 0.25) is 0 Å². The van der Waals surface area contributed by atoms with Gasteiger partial charge in [-0.25, -0.2) is 62.6 Å². The molecule has 0 bridgehead atoms. The molecule has 1 atom stereocenters. The summed E-state index contributed by atoms with van der Waals surface area (Å²) < 4.78 is 177. The molecule has 34 nitrogen and oxygen atoms in total. The number of carbonyl (C=O) groups excluding carboxylic acids is 5. The lowest BCUT2D eigenvalue weighted by Gasteiger charge is -2.24. The maximum atomic E-state index is 13.0. The number of nitrogens with one attached hydrogen (secondary N) is 11. The number of amides is 9. The van der Waals surface area contributed by atoms with Crippen molar-refractivity contribution in [3.63, 3.8) is 0 Å². The molecule has 150 heavy (non-hydrogen) atoms.